The summed E-state index contributed by atoms with van der Waals surface area (Å²) in [6, 6.07) is 0. The van der Waals surface area contributed by atoms with Crippen molar-refractivity contribution >= 4 is 17.9 Å². The molecule has 0 atom stereocenters. The number of rotatable bonds is 12. The number of hydrogen-bond acceptors (Lipinski definition) is 9. The van der Waals surface area contributed by atoms with Gasteiger partial charge in [-0.25, -0.2) is 32.9 Å². The first-order valence-electron chi connectivity index (χ1n) is 10.5. The van der Waals surface area contributed by atoms with Crippen LogP contribution in [0.4, 0.5) is 0 Å². The Bertz CT molecular complexity index is 996. The SMILES string of the molecule is C=C(C)C(=O)OCCn1c(=O)n(CCOC(=O)C(C)C)c(=O)n(CCOC(=O)C(C)C)c1=O. The van der Waals surface area contributed by atoms with E-state index in [9.17, 15) is 28.8 Å². The fourth-order valence-electron chi connectivity index (χ4n) is 2.42. The first-order valence-corrected chi connectivity index (χ1v) is 10.5. The second-order valence-corrected chi connectivity index (χ2v) is 7.86. The Labute approximate surface area is 190 Å². The van der Waals surface area contributed by atoms with Gasteiger partial charge in [0.05, 0.1) is 31.5 Å². The molecule has 0 saturated carbocycles. The molecule has 0 bridgehead atoms. The summed E-state index contributed by atoms with van der Waals surface area (Å²) in [7, 11) is 0. The minimum atomic E-state index is -0.951. The number of carbonyl (C=O) groups excluding carboxylic acids is 3. The van der Waals surface area contributed by atoms with E-state index in [1.807, 2.05) is 0 Å². The van der Waals surface area contributed by atoms with Crippen LogP contribution in [0.25, 0.3) is 0 Å². The van der Waals surface area contributed by atoms with Gasteiger partial charge in [0.2, 0.25) is 0 Å². The number of hydrogen-bond donors (Lipinski definition) is 0. The quantitative estimate of drug-likeness (QED) is 0.229. The van der Waals surface area contributed by atoms with Gasteiger partial charge in [0, 0.05) is 5.57 Å². The molecule has 1 rings (SSSR count). The number of esters is 3. The molecule has 0 N–H and O–H groups in total. The van der Waals surface area contributed by atoms with Crippen molar-refractivity contribution in [3.8, 4) is 0 Å². The maximum absolute atomic E-state index is 12.8. The highest BCUT2D eigenvalue weighted by Crippen LogP contribution is 1.97. The molecule has 0 aliphatic heterocycles. The lowest BCUT2D eigenvalue weighted by Gasteiger charge is -2.15. The van der Waals surface area contributed by atoms with Crippen molar-refractivity contribution in [2.75, 3.05) is 19.8 Å². The fourth-order valence-corrected chi connectivity index (χ4v) is 2.42. The van der Waals surface area contributed by atoms with E-state index in [0.29, 0.717) is 0 Å². The van der Waals surface area contributed by atoms with Gasteiger partial charge in [0.25, 0.3) is 0 Å². The van der Waals surface area contributed by atoms with Crippen molar-refractivity contribution in [2.24, 2.45) is 11.8 Å². The van der Waals surface area contributed by atoms with Crippen molar-refractivity contribution in [2.45, 2.75) is 54.3 Å². The molecule has 0 fully saturated rings. The molecule has 0 saturated heterocycles. The van der Waals surface area contributed by atoms with Crippen LogP contribution in [-0.2, 0) is 48.2 Å². The van der Waals surface area contributed by atoms with Crippen LogP contribution < -0.4 is 17.1 Å². The Kier molecular flexibility index (Phi) is 10.5. The average Bonchev–Trinajstić information content (AvgIpc) is 2.74. The molecule has 0 aromatic carbocycles. The van der Waals surface area contributed by atoms with E-state index in [1.54, 1.807) is 27.7 Å². The monoisotopic (exact) mass is 469 g/mol. The van der Waals surface area contributed by atoms with Crippen molar-refractivity contribution in [1.29, 1.82) is 0 Å². The molecule has 33 heavy (non-hydrogen) atoms. The zero-order valence-electron chi connectivity index (χ0n) is 19.6. The van der Waals surface area contributed by atoms with Gasteiger partial charge >= 0.3 is 35.0 Å². The highest BCUT2D eigenvalue weighted by molar-refractivity contribution is 5.86. The minimum absolute atomic E-state index is 0.142. The third-order valence-corrected chi connectivity index (χ3v) is 4.34. The van der Waals surface area contributed by atoms with Crippen molar-refractivity contribution in [3.63, 3.8) is 0 Å². The van der Waals surface area contributed by atoms with E-state index in [2.05, 4.69) is 6.58 Å². The van der Waals surface area contributed by atoms with E-state index < -0.39 is 46.8 Å². The number of nitrogens with zero attached hydrogens (tertiary/aromatic N) is 3. The van der Waals surface area contributed by atoms with E-state index >= 15 is 0 Å². The van der Waals surface area contributed by atoms with Gasteiger partial charge in [0.1, 0.15) is 19.8 Å². The Morgan fingerprint density at radius 3 is 1.27 bits per heavy atom. The largest absolute Gasteiger partial charge is 0.464 e. The van der Waals surface area contributed by atoms with Crippen LogP contribution in [0, 0.1) is 11.8 Å². The smallest absolute Gasteiger partial charge is 0.336 e. The zero-order chi connectivity index (χ0) is 25.3. The summed E-state index contributed by atoms with van der Waals surface area (Å²) in [5.41, 5.74) is -2.70. The standard InChI is InChI=1S/C21H31N3O9/c1-13(2)16(25)31-10-7-22-19(28)23(8-11-32-17(26)14(3)4)21(30)24(20(22)29)9-12-33-18(27)15(5)6/h14-15H,1,7-12H2,2-6H3. The second-order valence-electron chi connectivity index (χ2n) is 7.86. The second kappa shape index (κ2) is 12.6. The molecule has 0 aliphatic carbocycles. The normalized spacial score (nSPS) is 10.9. The molecule has 1 aromatic heterocycles. The molecule has 0 unspecified atom stereocenters. The van der Waals surface area contributed by atoms with E-state index in [0.717, 1.165) is 13.7 Å². The van der Waals surface area contributed by atoms with E-state index in [4.69, 9.17) is 14.2 Å². The minimum Gasteiger partial charge on any atom is -0.464 e. The first kappa shape index (κ1) is 27.6. The Hall–Kier alpha value is -3.44. The molecule has 0 aliphatic rings. The lowest BCUT2D eigenvalue weighted by molar-refractivity contribution is -0.148. The predicted octanol–water partition coefficient (Wildman–Crippen LogP) is -0.311. The van der Waals surface area contributed by atoms with Gasteiger partial charge in [-0.1, -0.05) is 34.3 Å². The summed E-state index contributed by atoms with van der Waals surface area (Å²) in [5.74, 6) is -2.51. The van der Waals surface area contributed by atoms with Crippen molar-refractivity contribution < 1.29 is 28.6 Å². The summed E-state index contributed by atoms with van der Waals surface area (Å²) in [6.07, 6.45) is 0. The lowest BCUT2D eigenvalue weighted by Crippen LogP contribution is -2.55. The molecule has 0 amide bonds. The highest BCUT2D eigenvalue weighted by Gasteiger charge is 2.18. The van der Waals surface area contributed by atoms with Crippen molar-refractivity contribution in [1.82, 2.24) is 13.7 Å². The van der Waals surface area contributed by atoms with Crippen LogP contribution in [0.2, 0.25) is 0 Å². The molecule has 1 aromatic rings. The highest BCUT2D eigenvalue weighted by atomic mass is 16.5. The lowest BCUT2D eigenvalue weighted by atomic mass is 10.2. The topological polar surface area (TPSA) is 145 Å². The van der Waals surface area contributed by atoms with Gasteiger partial charge in [-0.2, -0.15) is 0 Å². The maximum atomic E-state index is 12.8. The summed E-state index contributed by atoms with van der Waals surface area (Å²) in [4.78, 5) is 73.2. The van der Waals surface area contributed by atoms with Gasteiger partial charge in [-0.3, -0.25) is 9.59 Å². The summed E-state index contributed by atoms with van der Waals surface area (Å²) in [6.45, 7) is 9.64. The molecular weight excluding hydrogens is 438 g/mol. The van der Waals surface area contributed by atoms with Crippen molar-refractivity contribution in [3.05, 3.63) is 43.6 Å². The van der Waals surface area contributed by atoms with Crippen LogP contribution in [0.5, 0.6) is 0 Å². The Balaban J connectivity index is 3.22. The number of carbonyl (C=O) groups is 3. The van der Waals surface area contributed by atoms with Crippen LogP contribution >= 0.6 is 0 Å². The molecule has 1 heterocycles. The predicted molar refractivity (Wildman–Crippen MR) is 117 cm³/mol. The zero-order valence-corrected chi connectivity index (χ0v) is 19.6. The Morgan fingerprint density at radius 2 is 1.00 bits per heavy atom. The van der Waals surface area contributed by atoms with Gasteiger partial charge in [-0.05, 0) is 6.92 Å². The van der Waals surface area contributed by atoms with Crippen LogP contribution in [-0.4, -0.2) is 51.4 Å². The molecule has 0 spiro atoms. The summed E-state index contributed by atoms with van der Waals surface area (Å²) >= 11 is 0. The van der Waals surface area contributed by atoms with E-state index in [1.165, 1.54) is 6.92 Å². The number of aromatic nitrogens is 3. The van der Waals surface area contributed by atoms with Gasteiger partial charge in [-0.15, -0.1) is 0 Å². The van der Waals surface area contributed by atoms with Crippen LogP contribution in [0.15, 0.2) is 26.5 Å². The molecular formula is C21H31N3O9. The third kappa shape index (κ3) is 7.88. The third-order valence-electron chi connectivity index (χ3n) is 4.34. The fraction of sp³-hybridized carbons (Fsp3) is 0.619. The summed E-state index contributed by atoms with van der Waals surface area (Å²) in [5, 5.41) is 0. The van der Waals surface area contributed by atoms with Gasteiger partial charge in [0.15, 0.2) is 0 Å². The molecule has 12 nitrogen and oxygen atoms in total. The first-order chi connectivity index (χ1) is 15.4. The maximum Gasteiger partial charge on any atom is 0.336 e. The van der Waals surface area contributed by atoms with Crippen LogP contribution in [0.1, 0.15) is 34.6 Å². The molecule has 12 heteroatoms. The number of ether oxygens (including phenoxy) is 3. The molecule has 0 radical (unpaired) electrons. The average molecular weight is 469 g/mol. The molecule has 184 valence electrons. The Morgan fingerprint density at radius 1 is 0.697 bits per heavy atom. The van der Waals surface area contributed by atoms with Crippen LogP contribution in [0.3, 0.4) is 0 Å². The van der Waals surface area contributed by atoms with E-state index in [-0.39, 0.29) is 45.0 Å². The summed E-state index contributed by atoms with van der Waals surface area (Å²) < 4.78 is 17.2. The van der Waals surface area contributed by atoms with Gasteiger partial charge < -0.3 is 14.2 Å².